The van der Waals surface area contributed by atoms with Crippen molar-refractivity contribution in [2.75, 3.05) is 12.0 Å². The molecule has 0 fully saturated rings. The van der Waals surface area contributed by atoms with Crippen LogP contribution in [-0.2, 0) is 14.3 Å². The Labute approximate surface area is 175 Å². The Morgan fingerprint density at radius 1 is 1.10 bits per heavy atom. The Hall–Kier alpha value is -2.55. The normalized spacial score (nSPS) is 13.0. The maximum Gasteiger partial charge on any atom is 0.329 e. The molecular formula is C20H29N3O5S. The predicted molar refractivity (Wildman–Crippen MR) is 113 cm³/mol. The zero-order chi connectivity index (χ0) is 22.0. The minimum Gasteiger partial charge on any atom is -0.451 e. The van der Waals surface area contributed by atoms with Crippen molar-refractivity contribution in [2.24, 2.45) is 0 Å². The monoisotopic (exact) mass is 423 g/mol. The fraction of sp³-hybridized carbons (Fsp3) is 0.500. The minimum atomic E-state index is -1.20. The van der Waals surface area contributed by atoms with Gasteiger partial charge in [-0.2, -0.15) is 11.8 Å². The van der Waals surface area contributed by atoms with E-state index in [1.807, 2.05) is 6.26 Å². The number of urea groups is 1. The van der Waals surface area contributed by atoms with E-state index in [0.29, 0.717) is 17.7 Å². The van der Waals surface area contributed by atoms with Crippen LogP contribution in [0.15, 0.2) is 30.3 Å². The molecule has 2 atom stereocenters. The van der Waals surface area contributed by atoms with Crippen molar-refractivity contribution >= 4 is 35.6 Å². The standard InChI is InChI=1S/C20H29N3O5S/c1-13(16(24)22-19(27)23-20(2,3)4)28-18(26)15(11-12-29-5)21-17(25)14-9-7-6-8-10-14/h6-10,13,15H,11-12H2,1-5H3,(H,21,25)(H2,22,23,24,27)/t13-,15+/m0/s1. The van der Waals surface area contributed by atoms with Gasteiger partial charge in [0, 0.05) is 11.1 Å². The van der Waals surface area contributed by atoms with Crippen molar-refractivity contribution in [1.82, 2.24) is 16.0 Å². The summed E-state index contributed by atoms with van der Waals surface area (Å²) < 4.78 is 5.18. The average molecular weight is 424 g/mol. The van der Waals surface area contributed by atoms with Crippen molar-refractivity contribution in [3.8, 4) is 0 Å². The van der Waals surface area contributed by atoms with Crippen LogP contribution >= 0.6 is 11.8 Å². The molecule has 29 heavy (non-hydrogen) atoms. The number of thioether (sulfide) groups is 1. The molecule has 0 saturated heterocycles. The summed E-state index contributed by atoms with van der Waals surface area (Å²) in [5, 5.41) is 7.36. The van der Waals surface area contributed by atoms with E-state index in [2.05, 4.69) is 16.0 Å². The molecule has 0 aliphatic carbocycles. The highest BCUT2D eigenvalue weighted by atomic mass is 32.2. The van der Waals surface area contributed by atoms with Gasteiger partial charge in [-0.25, -0.2) is 9.59 Å². The van der Waals surface area contributed by atoms with Crippen molar-refractivity contribution < 1.29 is 23.9 Å². The van der Waals surface area contributed by atoms with E-state index >= 15 is 0 Å². The largest absolute Gasteiger partial charge is 0.451 e. The third-order valence-corrected chi connectivity index (χ3v) is 4.27. The number of ether oxygens (including phenoxy) is 1. The van der Waals surface area contributed by atoms with Gasteiger partial charge in [0.2, 0.25) is 0 Å². The lowest BCUT2D eigenvalue weighted by Crippen LogP contribution is -2.51. The molecule has 0 aliphatic rings. The van der Waals surface area contributed by atoms with E-state index in [0.717, 1.165) is 0 Å². The summed E-state index contributed by atoms with van der Waals surface area (Å²) in [6.45, 7) is 6.67. The van der Waals surface area contributed by atoms with Gasteiger partial charge in [-0.3, -0.25) is 14.9 Å². The molecule has 1 rings (SSSR count). The van der Waals surface area contributed by atoms with Gasteiger partial charge < -0.3 is 15.4 Å². The van der Waals surface area contributed by atoms with Crippen LogP contribution in [-0.4, -0.2) is 53.5 Å². The van der Waals surface area contributed by atoms with Crippen LogP contribution in [0.2, 0.25) is 0 Å². The SMILES string of the molecule is CSCC[C@@H](NC(=O)c1ccccc1)C(=O)O[C@@H](C)C(=O)NC(=O)NC(C)(C)C. The zero-order valence-electron chi connectivity index (χ0n) is 17.4. The average Bonchev–Trinajstić information content (AvgIpc) is 2.63. The van der Waals surface area contributed by atoms with Gasteiger partial charge in [0.1, 0.15) is 6.04 Å². The lowest BCUT2D eigenvalue weighted by atomic mass is 10.1. The number of hydrogen-bond acceptors (Lipinski definition) is 6. The first kappa shape index (κ1) is 24.5. The molecule has 0 spiro atoms. The molecule has 1 aromatic carbocycles. The van der Waals surface area contributed by atoms with Crippen LogP contribution in [0.5, 0.6) is 0 Å². The van der Waals surface area contributed by atoms with Crippen LogP contribution in [0.3, 0.4) is 0 Å². The summed E-state index contributed by atoms with van der Waals surface area (Å²) in [6.07, 6.45) is 1.03. The second kappa shape index (κ2) is 11.5. The third kappa shape index (κ3) is 9.47. The molecule has 3 N–H and O–H groups in total. The van der Waals surface area contributed by atoms with E-state index in [1.54, 1.807) is 51.1 Å². The Morgan fingerprint density at radius 3 is 2.28 bits per heavy atom. The number of amides is 4. The Morgan fingerprint density at radius 2 is 1.72 bits per heavy atom. The Bertz CT molecular complexity index is 719. The molecule has 0 aromatic heterocycles. The van der Waals surface area contributed by atoms with Crippen molar-refractivity contribution in [3.63, 3.8) is 0 Å². The van der Waals surface area contributed by atoms with E-state index in [1.165, 1.54) is 18.7 Å². The predicted octanol–water partition coefficient (Wildman–Crippen LogP) is 2.09. The summed E-state index contributed by atoms with van der Waals surface area (Å²) >= 11 is 1.52. The number of nitrogens with one attached hydrogen (secondary N) is 3. The van der Waals surface area contributed by atoms with Crippen LogP contribution in [0.4, 0.5) is 4.79 Å². The maximum atomic E-state index is 12.5. The van der Waals surface area contributed by atoms with Gasteiger partial charge in [0.25, 0.3) is 11.8 Å². The van der Waals surface area contributed by atoms with E-state index in [4.69, 9.17) is 4.74 Å². The summed E-state index contributed by atoms with van der Waals surface area (Å²) in [7, 11) is 0. The summed E-state index contributed by atoms with van der Waals surface area (Å²) in [4.78, 5) is 48.8. The number of benzene rings is 1. The molecule has 0 radical (unpaired) electrons. The fourth-order valence-corrected chi connectivity index (χ4v) is 2.68. The van der Waals surface area contributed by atoms with Gasteiger partial charge >= 0.3 is 12.0 Å². The molecule has 0 bridgehead atoms. The number of rotatable bonds is 8. The minimum absolute atomic E-state index is 0.345. The molecular weight excluding hydrogens is 394 g/mol. The van der Waals surface area contributed by atoms with Crippen molar-refractivity contribution in [1.29, 1.82) is 0 Å². The van der Waals surface area contributed by atoms with Crippen LogP contribution in [0, 0.1) is 0 Å². The smallest absolute Gasteiger partial charge is 0.329 e. The summed E-state index contributed by atoms with van der Waals surface area (Å²) in [6, 6.07) is 6.91. The third-order valence-electron chi connectivity index (χ3n) is 3.62. The molecule has 9 heteroatoms. The first-order valence-corrected chi connectivity index (χ1v) is 10.6. The van der Waals surface area contributed by atoms with E-state index in [9.17, 15) is 19.2 Å². The van der Waals surface area contributed by atoms with E-state index in [-0.39, 0.29) is 0 Å². The number of imide groups is 1. The highest BCUT2D eigenvalue weighted by Gasteiger charge is 2.27. The van der Waals surface area contributed by atoms with Crippen LogP contribution in [0.25, 0.3) is 0 Å². The first-order valence-electron chi connectivity index (χ1n) is 9.22. The van der Waals surface area contributed by atoms with Gasteiger partial charge in [-0.1, -0.05) is 18.2 Å². The number of esters is 1. The highest BCUT2D eigenvalue weighted by Crippen LogP contribution is 2.07. The molecule has 4 amide bonds. The number of carbonyl (C=O) groups excluding carboxylic acids is 4. The summed E-state index contributed by atoms with van der Waals surface area (Å²) in [5.41, 5.74) is -0.103. The second-order valence-corrected chi connectivity index (χ2v) is 8.43. The van der Waals surface area contributed by atoms with Crippen molar-refractivity contribution in [2.45, 2.75) is 51.8 Å². The van der Waals surface area contributed by atoms with Crippen molar-refractivity contribution in [3.05, 3.63) is 35.9 Å². The molecule has 0 heterocycles. The number of hydrogen-bond donors (Lipinski definition) is 3. The van der Waals surface area contributed by atoms with E-state index < -0.39 is 41.5 Å². The Kier molecular flexibility index (Phi) is 9.67. The van der Waals surface area contributed by atoms with Crippen LogP contribution < -0.4 is 16.0 Å². The topological polar surface area (TPSA) is 114 Å². The molecule has 0 aliphatic heterocycles. The van der Waals surface area contributed by atoms with Gasteiger partial charge in [0.05, 0.1) is 0 Å². The Balaban J connectivity index is 2.70. The lowest BCUT2D eigenvalue weighted by molar-refractivity contribution is -0.156. The molecule has 8 nitrogen and oxygen atoms in total. The fourth-order valence-electron chi connectivity index (χ4n) is 2.21. The quantitative estimate of drug-likeness (QED) is 0.552. The maximum absolute atomic E-state index is 12.5. The highest BCUT2D eigenvalue weighted by molar-refractivity contribution is 7.98. The zero-order valence-corrected chi connectivity index (χ0v) is 18.2. The van der Waals surface area contributed by atoms with Gasteiger partial charge in [-0.15, -0.1) is 0 Å². The molecule has 160 valence electrons. The molecule has 0 unspecified atom stereocenters. The second-order valence-electron chi connectivity index (χ2n) is 7.45. The van der Waals surface area contributed by atoms with Gasteiger partial charge in [-0.05, 0) is 58.3 Å². The number of carbonyl (C=O) groups is 4. The molecule has 1 aromatic rings. The molecule has 0 saturated carbocycles. The first-order chi connectivity index (χ1) is 13.5. The van der Waals surface area contributed by atoms with Gasteiger partial charge in [0.15, 0.2) is 6.10 Å². The summed E-state index contributed by atoms with van der Waals surface area (Å²) in [5.74, 6) is -1.28. The van der Waals surface area contributed by atoms with Crippen LogP contribution in [0.1, 0.15) is 44.5 Å². The lowest BCUT2D eigenvalue weighted by Gasteiger charge is -2.22.